The molecule has 0 heterocycles. The van der Waals surface area contributed by atoms with E-state index in [1.807, 2.05) is 0 Å². The van der Waals surface area contributed by atoms with Crippen LogP contribution in [0.3, 0.4) is 0 Å². The van der Waals surface area contributed by atoms with Crippen LogP contribution in [0.2, 0.25) is 10.0 Å². The summed E-state index contributed by atoms with van der Waals surface area (Å²) < 4.78 is 0. The Labute approximate surface area is 117 Å². The van der Waals surface area contributed by atoms with E-state index in [0.29, 0.717) is 15.6 Å². The molecule has 0 aliphatic heterocycles. The second-order valence-corrected chi connectivity index (χ2v) is 5.83. The summed E-state index contributed by atoms with van der Waals surface area (Å²) in [5, 5.41) is 1.07. The van der Waals surface area contributed by atoms with Crippen LogP contribution < -0.4 is 5.73 Å². The van der Waals surface area contributed by atoms with Gasteiger partial charge in [0.15, 0.2) is 5.78 Å². The molecule has 0 amide bonds. The number of hydrogen-bond donors (Lipinski definition) is 1. The summed E-state index contributed by atoms with van der Waals surface area (Å²) in [4.78, 5) is 12.4. The largest absolute Gasteiger partial charge is 0.319 e. The van der Waals surface area contributed by atoms with Crippen molar-refractivity contribution < 1.29 is 4.79 Å². The maximum absolute atomic E-state index is 12.4. The summed E-state index contributed by atoms with van der Waals surface area (Å²) in [5.74, 6) is 0.0530. The van der Waals surface area contributed by atoms with E-state index in [0.717, 1.165) is 25.7 Å². The van der Waals surface area contributed by atoms with Crippen LogP contribution in [0.4, 0.5) is 0 Å². The number of benzene rings is 1. The number of nitrogens with two attached hydrogens (primary N) is 1. The maximum Gasteiger partial charge on any atom is 0.157 e. The van der Waals surface area contributed by atoms with Crippen LogP contribution in [0.25, 0.3) is 0 Å². The smallest absolute Gasteiger partial charge is 0.157 e. The van der Waals surface area contributed by atoms with Crippen LogP contribution >= 0.6 is 23.2 Å². The first-order chi connectivity index (χ1) is 8.53. The molecule has 2 N–H and O–H groups in total. The lowest BCUT2D eigenvalue weighted by Crippen LogP contribution is -2.50. The van der Waals surface area contributed by atoms with Crippen molar-refractivity contribution in [2.24, 2.45) is 5.73 Å². The van der Waals surface area contributed by atoms with Crippen LogP contribution in [0.1, 0.15) is 37.7 Å². The molecule has 1 aliphatic rings. The molecule has 0 bridgehead atoms. The molecule has 1 aliphatic carbocycles. The highest BCUT2D eigenvalue weighted by Crippen LogP contribution is 2.31. The molecule has 0 radical (unpaired) electrons. The van der Waals surface area contributed by atoms with Gasteiger partial charge in [-0.25, -0.2) is 0 Å². The molecule has 0 saturated heterocycles. The standard InChI is InChI=1S/C14H17Cl2NO/c15-11-5-4-6-12(16)10(11)9-13(18)14(17)7-2-1-3-8-14/h4-6H,1-3,7-9,17H2. The lowest BCUT2D eigenvalue weighted by Gasteiger charge is -2.32. The second kappa shape index (κ2) is 5.60. The number of rotatable bonds is 3. The summed E-state index contributed by atoms with van der Waals surface area (Å²) in [5.41, 5.74) is 6.23. The quantitative estimate of drug-likeness (QED) is 0.919. The zero-order chi connectivity index (χ0) is 13.2. The van der Waals surface area contributed by atoms with Crippen LogP contribution in [0.15, 0.2) is 18.2 Å². The minimum atomic E-state index is -0.680. The number of ketones is 1. The molecule has 18 heavy (non-hydrogen) atoms. The molecule has 1 aromatic carbocycles. The van der Waals surface area contributed by atoms with Gasteiger partial charge in [-0.2, -0.15) is 0 Å². The zero-order valence-electron chi connectivity index (χ0n) is 10.2. The summed E-state index contributed by atoms with van der Waals surface area (Å²) in [6.07, 6.45) is 4.99. The molecule has 2 nitrogen and oxygen atoms in total. The molecule has 1 fully saturated rings. The van der Waals surface area contributed by atoms with Gasteiger partial charge in [-0.1, -0.05) is 48.5 Å². The van der Waals surface area contributed by atoms with Crippen molar-refractivity contribution in [1.29, 1.82) is 0 Å². The van der Waals surface area contributed by atoms with Gasteiger partial charge in [-0.3, -0.25) is 4.79 Å². The fraction of sp³-hybridized carbons (Fsp3) is 0.500. The van der Waals surface area contributed by atoms with Crippen molar-refractivity contribution in [3.8, 4) is 0 Å². The van der Waals surface area contributed by atoms with E-state index < -0.39 is 5.54 Å². The van der Waals surface area contributed by atoms with Crippen LogP contribution in [0.5, 0.6) is 0 Å². The van der Waals surface area contributed by atoms with Gasteiger partial charge in [0.25, 0.3) is 0 Å². The van der Waals surface area contributed by atoms with Gasteiger partial charge < -0.3 is 5.73 Å². The minimum Gasteiger partial charge on any atom is -0.319 e. The van der Waals surface area contributed by atoms with Crippen molar-refractivity contribution in [3.05, 3.63) is 33.8 Å². The first kappa shape index (κ1) is 13.9. The molecule has 98 valence electrons. The second-order valence-electron chi connectivity index (χ2n) is 5.02. The van der Waals surface area contributed by atoms with Gasteiger partial charge in [0.05, 0.1) is 5.54 Å². The predicted molar refractivity (Wildman–Crippen MR) is 75.2 cm³/mol. The summed E-state index contributed by atoms with van der Waals surface area (Å²) in [7, 11) is 0. The highest BCUT2D eigenvalue weighted by molar-refractivity contribution is 6.36. The Kier molecular flexibility index (Phi) is 4.31. The lowest BCUT2D eigenvalue weighted by atomic mass is 9.78. The molecule has 0 atom stereocenters. The van der Waals surface area contributed by atoms with Crippen molar-refractivity contribution in [2.45, 2.75) is 44.1 Å². The van der Waals surface area contributed by atoms with E-state index >= 15 is 0 Å². The van der Waals surface area contributed by atoms with Crippen molar-refractivity contribution >= 4 is 29.0 Å². The molecule has 2 rings (SSSR count). The molecule has 1 aromatic rings. The first-order valence-corrected chi connectivity index (χ1v) is 7.03. The minimum absolute atomic E-state index is 0.0530. The normalized spacial score (nSPS) is 18.6. The molecular formula is C14H17Cl2NO. The van der Waals surface area contributed by atoms with Gasteiger partial charge in [0.1, 0.15) is 0 Å². The highest BCUT2D eigenvalue weighted by Gasteiger charge is 2.35. The molecule has 0 aromatic heterocycles. The third-order valence-corrected chi connectivity index (χ3v) is 4.41. The van der Waals surface area contributed by atoms with Crippen LogP contribution in [0, 0.1) is 0 Å². The molecule has 1 saturated carbocycles. The Morgan fingerprint density at radius 1 is 1.17 bits per heavy atom. The molecule has 4 heteroatoms. The Hall–Kier alpha value is -0.570. The average molecular weight is 286 g/mol. The average Bonchev–Trinajstić information content (AvgIpc) is 2.34. The Balaban J connectivity index is 2.16. The SMILES string of the molecule is NC1(C(=O)Cc2c(Cl)cccc2Cl)CCCCC1. The highest BCUT2D eigenvalue weighted by atomic mass is 35.5. The summed E-state index contributed by atoms with van der Waals surface area (Å²) >= 11 is 12.2. The molecular weight excluding hydrogens is 269 g/mol. The van der Waals surface area contributed by atoms with E-state index in [2.05, 4.69) is 0 Å². The zero-order valence-corrected chi connectivity index (χ0v) is 11.7. The van der Waals surface area contributed by atoms with Gasteiger partial charge in [-0.05, 0) is 30.5 Å². The Morgan fingerprint density at radius 3 is 2.28 bits per heavy atom. The van der Waals surface area contributed by atoms with Crippen LogP contribution in [-0.2, 0) is 11.2 Å². The number of hydrogen-bond acceptors (Lipinski definition) is 2. The van der Waals surface area contributed by atoms with E-state index in [1.54, 1.807) is 18.2 Å². The Bertz CT molecular complexity index is 433. The van der Waals surface area contributed by atoms with Gasteiger partial charge in [0, 0.05) is 16.5 Å². The predicted octanol–water partition coefficient (Wildman–Crippen LogP) is 3.77. The van der Waals surface area contributed by atoms with Crippen molar-refractivity contribution in [1.82, 2.24) is 0 Å². The lowest BCUT2D eigenvalue weighted by molar-refractivity contribution is -0.124. The fourth-order valence-corrected chi connectivity index (χ4v) is 3.03. The molecule has 0 unspecified atom stereocenters. The monoisotopic (exact) mass is 285 g/mol. The van der Waals surface area contributed by atoms with E-state index in [9.17, 15) is 4.79 Å². The maximum atomic E-state index is 12.4. The summed E-state index contributed by atoms with van der Waals surface area (Å²) in [6.45, 7) is 0. The van der Waals surface area contributed by atoms with Gasteiger partial charge in [0.2, 0.25) is 0 Å². The van der Waals surface area contributed by atoms with Gasteiger partial charge >= 0.3 is 0 Å². The van der Waals surface area contributed by atoms with E-state index in [1.165, 1.54) is 6.42 Å². The fourth-order valence-electron chi connectivity index (χ4n) is 2.50. The van der Waals surface area contributed by atoms with Crippen molar-refractivity contribution in [2.75, 3.05) is 0 Å². The first-order valence-electron chi connectivity index (χ1n) is 6.28. The van der Waals surface area contributed by atoms with Crippen LogP contribution in [-0.4, -0.2) is 11.3 Å². The third kappa shape index (κ3) is 2.87. The number of Topliss-reactive ketones (excluding diaryl/α,β-unsaturated/α-hetero) is 1. The third-order valence-electron chi connectivity index (χ3n) is 3.70. The van der Waals surface area contributed by atoms with Crippen molar-refractivity contribution in [3.63, 3.8) is 0 Å². The molecule has 0 spiro atoms. The van der Waals surface area contributed by atoms with E-state index in [4.69, 9.17) is 28.9 Å². The van der Waals surface area contributed by atoms with Gasteiger partial charge in [-0.15, -0.1) is 0 Å². The summed E-state index contributed by atoms with van der Waals surface area (Å²) in [6, 6.07) is 5.28. The Morgan fingerprint density at radius 2 is 1.72 bits per heavy atom. The number of carbonyl (C=O) groups is 1. The number of halogens is 2. The number of carbonyl (C=O) groups excluding carboxylic acids is 1. The van der Waals surface area contributed by atoms with E-state index in [-0.39, 0.29) is 12.2 Å². The topological polar surface area (TPSA) is 43.1 Å².